The van der Waals surface area contributed by atoms with Gasteiger partial charge in [0.1, 0.15) is 6.61 Å². The van der Waals surface area contributed by atoms with Crippen LogP contribution < -0.4 is 5.32 Å². The van der Waals surface area contributed by atoms with Crippen LogP contribution in [0, 0.1) is 0 Å². The van der Waals surface area contributed by atoms with Crippen molar-refractivity contribution in [3.8, 4) is 0 Å². The highest BCUT2D eigenvalue weighted by Gasteiger charge is 2.04. The van der Waals surface area contributed by atoms with Crippen LogP contribution in [0.4, 0.5) is 4.79 Å². The number of esters is 1. The van der Waals surface area contributed by atoms with Gasteiger partial charge < -0.3 is 14.8 Å². The summed E-state index contributed by atoms with van der Waals surface area (Å²) in [5, 5.41) is 2.56. The lowest BCUT2D eigenvalue weighted by atomic mass is 10.0. The Bertz CT molecular complexity index is 437. The molecule has 0 heterocycles. The largest absolute Gasteiger partial charge is 0.460 e. The molecule has 0 aliphatic carbocycles. The zero-order chi connectivity index (χ0) is 22.3. The molecule has 0 radical (unpaired) electrons. The first kappa shape index (κ1) is 28.5. The number of carbonyl (C=O) groups excluding carboxylic acids is 2. The molecular formula is C25H47NO4. The summed E-state index contributed by atoms with van der Waals surface area (Å²) in [7, 11) is 0. The van der Waals surface area contributed by atoms with Crippen molar-refractivity contribution in [2.45, 2.75) is 117 Å². The van der Waals surface area contributed by atoms with Gasteiger partial charge >= 0.3 is 12.1 Å². The molecule has 0 fully saturated rings. The average molecular weight is 426 g/mol. The summed E-state index contributed by atoms with van der Waals surface area (Å²) in [5.41, 5.74) is 0.348. The van der Waals surface area contributed by atoms with Gasteiger partial charge in [0.2, 0.25) is 0 Å². The van der Waals surface area contributed by atoms with E-state index in [1.165, 1.54) is 89.9 Å². The van der Waals surface area contributed by atoms with Crippen molar-refractivity contribution in [1.82, 2.24) is 5.32 Å². The fraction of sp³-hybridized carbons (Fsp3) is 0.840. The van der Waals surface area contributed by atoms with E-state index >= 15 is 0 Å². The molecule has 0 atom stereocenters. The van der Waals surface area contributed by atoms with Crippen LogP contribution in [-0.4, -0.2) is 31.8 Å². The first-order valence-electron chi connectivity index (χ1n) is 12.3. The van der Waals surface area contributed by atoms with Crippen molar-refractivity contribution < 1.29 is 19.1 Å². The van der Waals surface area contributed by atoms with E-state index in [-0.39, 0.29) is 13.2 Å². The molecule has 0 bridgehead atoms. The summed E-state index contributed by atoms with van der Waals surface area (Å²) in [4.78, 5) is 22.7. The second-order valence-corrected chi connectivity index (χ2v) is 8.28. The third-order valence-corrected chi connectivity index (χ3v) is 5.18. The van der Waals surface area contributed by atoms with Gasteiger partial charge in [0.25, 0.3) is 0 Å². The van der Waals surface area contributed by atoms with Gasteiger partial charge in [-0.05, 0) is 13.3 Å². The lowest BCUT2D eigenvalue weighted by Crippen LogP contribution is -2.29. The van der Waals surface area contributed by atoms with E-state index in [1.807, 2.05) is 0 Å². The molecule has 30 heavy (non-hydrogen) atoms. The predicted octanol–water partition coefficient (Wildman–Crippen LogP) is 7.09. The lowest BCUT2D eigenvalue weighted by molar-refractivity contribution is -0.138. The second kappa shape index (κ2) is 22.2. The molecule has 5 nitrogen and oxygen atoms in total. The number of rotatable bonds is 21. The van der Waals surface area contributed by atoms with Crippen LogP contribution in [0.25, 0.3) is 0 Å². The number of alkyl carbamates (subject to hydrolysis) is 1. The molecule has 176 valence electrons. The molecule has 0 aliphatic heterocycles. The monoisotopic (exact) mass is 425 g/mol. The first-order chi connectivity index (χ1) is 14.6. The number of hydrogen-bond acceptors (Lipinski definition) is 4. The average Bonchev–Trinajstić information content (AvgIpc) is 2.73. The van der Waals surface area contributed by atoms with E-state index in [4.69, 9.17) is 9.47 Å². The highest BCUT2D eigenvalue weighted by atomic mass is 16.6. The number of amides is 1. The van der Waals surface area contributed by atoms with Crippen molar-refractivity contribution >= 4 is 12.1 Å². The summed E-state index contributed by atoms with van der Waals surface area (Å²) in [6.45, 7) is 8.16. The Labute approximate surface area is 185 Å². The van der Waals surface area contributed by atoms with Crippen LogP contribution in [0.15, 0.2) is 12.2 Å². The summed E-state index contributed by atoms with van der Waals surface area (Å²) in [6, 6.07) is 0. The molecule has 0 spiro atoms. The predicted molar refractivity (Wildman–Crippen MR) is 125 cm³/mol. The molecule has 0 aromatic rings. The van der Waals surface area contributed by atoms with Crippen LogP contribution in [0.1, 0.15) is 117 Å². The maximum atomic E-state index is 11.5. The third-order valence-electron chi connectivity index (χ3n) is 5.18. The number of hydrogen-bond donors (Lipinski definition) is 1. The van der Waals surface area contributed by atoms with Gasteiger partial charge in [-0.15, -0.1) is 0 Å². The maximum Gasteiger partial charge on any atom is 0.407 e. The standard InChI is InChI=1S/C25H47NO4/c1-4-5-6-7-8-9-10-11-12-13-14-15-16-17-18-19-21-30-25(28)26-20-22-29-24(27)23(2)3/h2,4-22H2,1,3H3,(H,26,28). The Morgan fingerprint density at radius 3 is 1.53 bits per heavy atom. The summed E-state index contributed by atoms with van der Waals surface area (Å²) >= 11 is 0. The summed E-state index contributed by atoms with van der Waals surface area (Å²) < 4.78 is 9.99. The normalized spacial score (nSPS) is 10.6. The number of nitrogens with one attached hydrogen (secondary N) is 1. The van der Waals surface area contributed by atoms with Crippen LogP contribution in [0.3, 0.4) is 0 Å². The van der Waals surface area contributed by atoms with Gasteiger partial charge in [-0.2, -0.15) is 0 Å². The minimum absolute atomic E-state index is 0.125. The third kappa shape index (κ3) is 21.2. The van der Waals surface area contributed by atoms with Crippen molar-refractivity contribution in [2.75, 3.05) is 19.8 Å². The first-order valence-corrected chi connectivity index (χ1v) is 12.3. The summed E-state index contributed by atoms with van der Waals surface area (Å²) in [6.07, 6.45) is 20.7. The van der Waals surface area contributed by atoms with E-state index in [9.17, 15) is 9.59 Å². The van der Waals surface area contributed by atoms with E-state index < -0.39 is 12.1 Å². The zero-order valence-corrected chi connectivity index (χ0v) is 19.8. The Kier molecular flexibility index (Phi) is 21.0. The van der Waals surface area contributed by atoms with Crippen LogP contribution in [-0.2, 0) is 14.3 Å². The molecule has 5 heteroatoms. The second-order valence-electron chi connectivity index (χ2n) is 8.28. The number of ether oxygens (including phenoxy) is 2. The van der Waals surface area contributed by atoms with E-state index in [0.29, 0.717) is 12.2 Å². The maximum absolute atomic E-state index is 11.5. The van der Waals surface area contributed by atoms with Crippen molar-refractivity contribution in [1.29, 1.82) is 0 Å². The topological polar surface area (TPSA) is 64.6 Å². The highest BCUT2D eigenvalue weighted by Crippen LogP contribution is 2.13. The Morgan fingerprint density at radius 2 is 1.10 bits per heavy atom. The van der Waals surface area contributed by atoms with Crippen molar-refractivity contribution in [3.63, 3.8) is 0 Å². The Morgan fingerprint density at radius 1 is 0.667 bits per heavy atom. The molecule has 0 unspecified atom stereocenters. The van der Waals surface area contributed by atoms with Gasteiger partial charge in [0, 0.05) is 5.57 Å². The fourth-order valence-electron chi connectivity index (χ4n) is 3.29. The van der Waals surface area contributed by atoms with Crippen LogP contribution in [0.2, 0.25) is 0 Å². The Hall–Kier alpha value is -1.52. The van der Waals surface area contributed by atoms with Crippen LogP contribution >= 0.6 is 0 Å². The van der Waals surface area contributed by atoms with E-state index in [1.54, 1.807) is 6.92 Å². The zero-order valence-electron chi connectivity index (χ0n) is 19.8. The Balaban J connectivity index is 3.19. The lowest BCUT2D eigenvalue weighted by Gasteiger charge is -2.08. The number of unbranched alkanes of at least 4 members (excludes halogenated alkanes) is 15. The van der Waals surface area contributed by atoms with E-state index in [0.717, 1.165) is 12.8 Å². The molecule has 1 N–H and O–H groups in total. The SMILES string of the molecule is C=C(C)C(=O)OCCNC(=O)OCCCCCCCCCCCCCCCCCC. The molecule has 0 saturated heterocycles. The molecule has 0 aliphatic rings. The van der Waals surface area contributed by atoms with Gasteiger partial charge in [0.15, 0.2) is 0 Å². The van der Waals surface area contributed by atoms with Crippen molar-refractivity contribution in [3.05, 3.63) is 12.2 Å². The van der Waals surface area contributed by atoms with E-state index in [2.05, 4.69) is 18.8 Å². The van der Waals surface area contributed by atoms with Crippen LogP contribution in [0.5, 0.6) is 0 Å². The molecule has 1 amide bonds. The molecule has 0 rings (SSSR count). The number of carbonyl (C=O) groups is 2. The van der Waals surface area contributed by atoms with Gasteiger partial charge in [0.05, 0.1) is 13.2 Å². The van der Waals surface area contributed by atoms with Crippen molar-refractivity contribution in [2.24, 2.45) is 0 Å². The van der Waals surface area contributed by atoms with Gasteiger partial charge in [-0.1, -0.05) is 110 Å². The molecule has 0 aromatic carbocycles. The fourth-order valence-corrected chi connectivity index (χ4v) is 3.29. The van der Waals surface area contributed by atoms with Gasteiger partial charge in [-0.3, -0.25) is 0 Å². The van der Waals surface area contributed by atoms with Gasteiger partial charge in [-0.25, -0.2) is 9.59 Å². The molecular weight excluding hydrogens is 378 g/mol. The minimum atomic E-state index is -0.456. The smallest absolute Gasteiger partial charge is 0.407 e. The molecule has 0 aromatic heterocycles. The summed E-state index contributed by atoms with van der Waals surface area (Å²) in [5.74, 6) is -0.446. The highest BCUT2D eigenvalue weighted by molar-refractivity contribution is 5.86. The minimum Gasteiger partial charge on any atom is -0.460 e. The quantitative estimate of drug-likeness (QED) is 0.121. The molecule has 0 saturated carbocycles.